The van der Waals surface area contributed by atoms with Crippen molar-refractivity contribution in [3.8, 4) is 0 Å². The van der Waals surface area contributed by atoms with Crippen molar-refractivity contribution in [1.29, 1.82) is 0 Å². The molecule has 0 N–H and O–H groups in total. The lowest BCUT2D eigenvalue weighted by molar-refractivity contribution is -0.384. The van der Waals surface area contributed by atoms with Crippen LogP contribution < -0.4 is 9.96 Å². The second kappa shape index (κ2) is 7.85. The van der Waals surface area contributed by atoms with Gasteiger partial charge in [-0.25, -0.2) is 9.96 Å². The van der Waals surface area contributed by atoms with Gasteiger partial charge in [0.15, 0.2) is 6.10 Å². The zero-order chi connectivity index (χ0) is 22.4. The Labute approximate surface area is 191 Å². The van der Waals surface area contributed by atoms with Crippen molar-refractivity contribution in [2.45, 2.75) is 12.1 Å². The number of nitro groups is 1. The average Bonchev–Trinajstić information content (AvgIpc) is 3.31. The highest BCUT2D eigenvalue weighted by Crippen LogP contribution is 2.47. The topological polar surface area (TPSA) is 93.0 Å². The Morgan fingerprint density at radius 2 is 1.59 bits per heavy atom. The number of carbonyl (C=O) groups is 2. The summed E-state index contributed by atoms with van der Waals surface area (Å²) in [6, 6.07) is 21.4. The normalized spacial score (nSPS) is 22.3. The highest BCUT2D eigenvalue weighted by atomic mass is 79.9. The van der Waals surface area contributed by atoms with Crippen LogP contribution in [0.15, 0.2) is 83.3 Å². The van der Waals surface area contributed by atoms with E-state index < -0.39 is 28.9 Å². The van der Waals surface area contributed by atoms with Crippen LogP contribution in [0.3, 0.4) is 0 Å². The number of amides is 2. The number of hydrogen-bond donors (Lipinski definition) is 0. The van der Waals surface area contributed by atoms with Crippen molar-refractivity contribution in [3.05, 3.63) is 99.0 Å². The molecule has 2 aliphatic heterocycles. The monoisotopic (exact) mass is 493 g/mol. The molecule has 5 rings (SSSR count). The third-order valence-corrected chi connectivity index (χ3v) is 6.17. The fourth-order valence-electron chi connectivity index (χ4n) is 4.22. The van der Waals surface area contributed by atoms with Crippen LogP contribution in [0.4, 0.5) is 17.1 Å². The number of carbonyl (C=O) groups excluding carboxylic acids is 2. The van der Waals surface area contributed by atoms with Gasteiger partial charge in [0.1, 0.15) is 5.92 Å². The Morgan fingerprint density at radius 1 is 0.875 bits per heavy atom. The van der Waals surface area contributed by atoms with Crippen molar-refractivity contribution in [1.82, 2.24) is 0 Å². The van der Waals surface area contributed by atoms with Gasteiger partial charge in [0.05, 0.1) is 22.3 Å². The molecule has 0 unspecified atom stereocenters. The highest BCUT2D eigenvalue weighted by Gasteiger charge is 2.60. The van der Waals surface area contributed by atoms with Gasteiger partial charge in [-0.1, -0.05) is 52.3 Å². The molecule has 2 amide bonds. The number of non-ortho nitro benzene ring substituents is 1. The molecule has 9 heteroatoms. The number of hydrogen-bond acceptors (Lipinski definition) is 6. The van der Waals surface area contributed by atoms with Gasteiger partial charge in [-0.15, -0.1) is 0 Å². The Bertz CT molecular complexity index is 1220. The summed E-state index contributed by atoms with van der Waals surface area (Å²) >= 11 is 3.36. The molecule has 3 aromatic carbocycles. The average molecular weight is 494 g/mol. The first-order valence-electron chi connectivity index (χ1n) is 9.84. The van der Waals surface area contributed by atoms with Gasteiger partial charge in [-0.3, -0.25) is 24.5 Å². The summed E-state index contributed by atoms with van der Waals surface area (Å²) in [5.41, 5.74) is 1.53. The van der Waals surface area contributed by atoms with E-state index in [1.54, 1.807) is 36.4 Å². The minimum Gasteiger partial charge on any atom is -0.273 e. The summed E-state index contributed by atoms with van der Waals surface area (Å²) in [5, 5.41) is 12.7. The van der Waals surface area contributed by atoms with Crippen LogP contribution in [0.2, 0.25) is 0 Å². The predicted molar refractivity (Wildman–Crippen MR) is 120 cm³/mol. The molecule has 2 fully saturated rings. The molecule has 3 atom stereocenters. The SMILES string of the molecule is O=C1[C@H]2[C@H](ON(c3cccc([N+](=O)[O-])c3)[C@@H]2c2ccccc2)C(=O)N1c1ccc(Br)cc1. The van der Waals surface area contributed by atoms with Crippen LogP contribution >= 0.6 is 15.9 Å². The number of fused-ring (bicyclic) bond motifs is 1. The second-order valence-corrected chi connectivity index (χ2v) is 8.41. The summed E-state index contributed by atoms with van der Waals surface area (Å²) in [5.74, 6) is -1.63. The van der Waals surface area contributed by atoms with Crippen LogP contribution in [0.1, 0.15) is 11.6 Å². The lowest BCUT2D eigenvalue weighted by Crippen LogP contribution is -2.37. The van der Waals surface area contributed by atoms with Crippen molar-refractivity contribution in [3.63, 3.8) is 0 Å². The minimum absolute atomic E-state index is 0.107. The Kier molecular flexibility index (Phi) is 4.99. The number of hydroxylamine groups is 1. The van der Waals surface area contributed by atoms with E-state index in [4.69, 9.17) is 4.84 Å². The summed E-state index contributed by atoms with van der Waals surface area (Å²) in [7, 11) is 0. The number of rotatable bonds is 4. The summed E-state index contributed by atoms with van der Waals surface area (Å²) in [6.07, 6.45) is -1.03. The smallest absolute Gasteiger partial charge is 0.271 e. The fourth-order valence-corrected chi connectivity index (χ4v) is 4.48. The Hall–Kier alpha value is -3.56. The van der Waals surface area contributed by atoms with Gasteiger partial charge >= 0.3 is 0 Å². The van der Waals surface area contributed by atoms with Crippen molar-refractivity contribution >= 4 is 44.8 Å². The Balaban J connectivity index is 1.58. The largest absolute Gasteiger partial charge is 0.273 e. The van der Waals surface area contributed by atoms with Crippen molar-refractivity contribution in [2.75, 3.05) is 9.96 Å². The number of nitrogens with zero attached hydrogens (tertiary/aromatic N) is 3. The quantitative estimate of drug-likeness (QED) is 0.303. The summed E-state index contributed by atoms with van der Waals surface area (Å²) in [4.78, 5) is 44.7. The van der Waals surface area contributed by atoms with E-state index in [-0.39, 0.29) is 11.6 Å². The van der Waals surface area contributed by atoms with E-state index in [0.29, 0.717) is 11.4 Å². The van der Waals surface area contributed by atoms with Crippen LogP contribution in [0.25, 0.3) is 0 Å². The van der Waals surface area contributed by atoms with E-state index in [9.17, 15) is 19.7 Å². The van der Waals surface area contributed by atoms with Gasteiger partial charge < -0.3 is 0 Å². The van der Waals surface area contributed by atoms with E-state index in [0.717, 1.165) is 14.9 Å². The van der Waals surface area contributed by atoms with Gasteiger partial charge in [0, 0.05) is 16.6 Å². The number of halogens is 1. The minimum atomic E-state index is -1.03. The van der Waals surface area contributed by atoms with Gasteiger partial charge in [-0.2, -0.15) is 0 Å². The zero-order valence-corrected chi connectivity index (χ0v) is 18.1. The molecule has 2 heterocycles. The maximum atomic E-state index is 13.5. The van der Waals surface area contributed by atoms with Gasteiger partial charge in [-0.05, 0) is 35.9 Å². The molecule has 32 heavy (non-hydrogen) atoms. The first kappa shape index (κ1) is 20.3. The van der Waals surface area contributed by atoms with E-state index in [1.165, 1.54) is 17.2 Å². The molecule has 0 aromatic heterocycles. The number of benzene rings is 3. The fraction of sp³-hybridized carbons (Fsp3) is 0.130. The van der Waals surface area contributed by atoms with Crippen LogP contribution in [-0.2, 0) is 14.4 Å². The molecule has 0 spiro atoms. The predicted octanol–water partition coefficient (Wildman–Crippen LogP) is 4.41. The number of imide groups is 1. The van der Waals surface area contributed by atoms with Crippen LogP contribution in [0, 0.1) is 16.0 Å². The second-order valence-electron chi connectivity index (χ2n) is 7.50. The van der Waals surface area contributed by atoms with Crippen molar-refractivity contribution < 1.29 is 19.3 Å². The lowest BCUT2D eigenvalue weighted by Gasteiger charge is -2.28. The molecule has 0 aliphatic carbocycles. The van der Waals surface area contributed by atoms with Crippen molar-refractivity contribution in [2.24, 2.45) is 5.92 Å². The van der Waals surface area contributed by atoms with E-state index >= 15 is 0 Å². The molecule has 0 bridgehead atoms. The third-order valence-electron chi connectivity index (χ3n) is 5.64. The van der Waals surface area contributed by atoms with E-state index in [2.05, 4.69) is 15.9 Å². The number of nitro benzene ring substituents is 1. The maximum Gasteiger partial charge on any atom is 0.271 e. The summed E-state index contributed by atoms with van der Waals surface area (Å²) in [6.45, 7) is 0. The molecular weight excluding hydrogens is 478 g/mol. The Morgan fingerprint density at radius 3 is 2.28 bits per heavy atom. The van der Waals surface area contributed by atoms with Crippen LogP contribution in [0.5, 0.6) is 0 Å². The molecule has 2 saturated heterocycles. The molecule has 160 valence electrons. The zero-order valence-electron chi connectivity index (χ0n) is 16.5. The molecule has 0 radical (unpaired) electrons. The summed E-state index contributed by atoms with van der Waals surface area (Å²) < 4.78 is 0.829. The maximum absolute atomic E-state index is 13.5. The molecule has 8 nitrogen and oxygen atoms in total. The molecular formula is C23H16BrN3O5. The molecule has 3 aromatic rings. The number of anilines is 2. The first-order valence-corrected chi connectivity index (χ1v) is 10.6. The van der Waals surface area contributed by atoms with Gasteiger partial charge in [0.25, 0.3) is 11.6 Å². The molecule has 2 aliphatic rings. The first-order chi connectivity index (χ1) is 15.5. The standard InChI is InChI=1S/C23H16BrN3O5/c24-15-9-11-16(12-10-15)25-22(28)19-20(14-5-2-1-3-6-14)26(32-21(19)23(25)29)17-7-4-8-18(13-17)27(30)31/h1-13,19-21H/t19-,20-,21+/m1/s1. The van der Waals surface area contributed by atoms with Crippen LogP contribution in [-0.4, -0.2) is 22.8 Å². The highest BCUT2D eigenvalue weighted by molar-refractivity contribution is 9.10. The third kappa shape index (κ3) is 3.26. The molecule has 0 saturated carbocycles. The van der Waals surface area contributed by atoms with E-state index in [1.807, 2.05) is 30.3 Å². The van der Waals surface area contributed by atoms with Gasteiger partial charge in [0.2, 0.25) is 5.91 Å². The lowest BCUT2D eigenvalue weighted by atomic mass is 9.90.